The lowest BCUT2D eigenvalue weighted by molar-refractivity contribution is 0.0786. The summed E-state index contributed by atoms with van der Waals surface area (Å²) in [5.41, 5.74) is 2.04. The lowest BCUT2D eigenvalue weighted by Crippen LogP contribution is -2.55. The fourth-order valence-electron chi connectivity index (χ4n) is 4.23. The number of benzene rings is 2. The second kappa shape index (κ2) is 9.46. The third-order valence-corrected chi connectivity index (χ3v) is 9.28. The Morgan fingerprint density at radius 2 is 1.85 bits per heavy atom. The molecule has 1 saturated heterocycles. The number of rotatable bonds is 7. The van der Waals surface area contributed by atoms with Crippen LogP contribution in [0.2, 0.25) is 0 Å². The van der Waals surface area contributed by atoms with Crippen LogP contribution in [-0.2, 0) is 22.0 Å². The van der Waals surface area contributed by atoms with E-state index in [1.165, 1.54) is 11.3 Å². The molecule has 1 aliphatic heterocycles. The Hall–Kier alpha value is -2.39. The van der Waals surface area contributed by atoms with E-state index in [0.29, 0.717) is 30.3 Å². The highest BCUT2D eigenvalue weighted by Crippen LogP contribution is 2.30. The van der Waals surface area contributed by atoms with Crippen LogP contribution in [0.15, 0.2) is 70.3 Å². The van der Waals surface area contributed by atoms with E-state index in [0.717, 1.165) is 22.6 Å². The van der Waals surface area contributed by atoms with Gasteiger partial charge in [-0.1, -0.05) is 30.3 Å². The molecule has 4 rings (SSSR count). The number of hydrogen-bond donors (Lipinski definition) is 1. The Labute approximate surface area is 200 Å². The molecule has 1 fully saturated rings. The number of nitrogens with zero attached hydrogens (tertiary/aromatic N) is 2. The number of thiophene rings is 1. The molecule has 0 amide bonds. The summed E-state index contributed by atoms with van der Waals surface area (Å²) in [6.45, 7) is 4.93. The molecule has 2 heterocycles. The zero-order valence-electron chi connectivity index (χ0n) is 19.1. The van der Waals surface area contributed by atoms with Gasteiger partial charge in [0.2, 0.25) is 0 Å². The molecule has 0 radical (unpaired) electrons. The van der Waals surface area contributed by atoms with Gasteiger partial charge in [-0.15, -0.1) is 11.3 Å². The number of piperazine rings is 1. The second-order valence-electron chi connectivity index (χ2n) is 8.80. The maximum Gasteiger partial charge on any atom is 0.252 e. The highest BCUT2D eigenvalue weighted by atomic mass is 32.2. The summed E-state index contributed by atoms with van der Waals surface area (Å²) >= 11 is 1.25. The van der Waals surface area contributed by atoms with E-state index in [2.05, 4.69) is 4.90 Å². The van der Waals surface area contributed by atoms with Gasteiger partial charge in [-0.25, -0.2) is 8.42 Å². The smallest absolute Gasteiger partial charge is 0.252 e. The van der Waals surface area contributed by atoms with Crippen molar-refractivity contribution in [3.8, 4) is 5.75 Å². The van der Waals surface area contributed by atoms with Gasteiger partial charge in [0.05, 0.1) is 12.7 Å². The maximum atomic E-state index is 13.2. The molecule has 1 atom stereocenters. The minimum atomic E-state index is -3.52. The van der Waals surface area contributed by atoms with Gasteiger partial charge < -0.3 is 14.7 Å². The standard InChI is InChI=1S/C25H30N2O4S2/c1-25(2,28)20-9-11-21(12-10-20)27-14-13-26(33(29,30)24-8-5-15-32-24)18-22(27)16-19-6-4-7-23(17-19)31-3/h4-12,15,17,22,28H,13-14,16,18H2,1-3H3/t22-/m0/s1. The molecule has 6 nitrogen and oxygen atoms in total. The Bertz CT molecular complexity index is 1170. The van der Waals surface area contributed by atoms with Gasteiger partial charge in [0.25, 0.3) is 10.0 Å². The highest BCUT2D eigenvalue weighted by molar-refractivity contribution is 7.91. The van der Waals surface area contributed by atoms with E-state index in [-0.39, 0.29) is 6.04 Å². The van der Waals surface area contributed by atoms with Crippen LogP contribution in [0.5, 0.6) is 5.75 Å². The zero-order chi connectivity index (χ0) is 23.6. The van der Waals surface area contributed by atoms with Crippen LogP contribution < -0.4 is 9.64 Å². The molecule has 1 N–H and O–H groups in total. The van der Waals surface area contributed by atoms with Crippen molar-refractivity contribution in [2.45, 2.75) is 36.1 Å². The molecule has 33 heavy (non-hydrogen) atoms. The summed E-state index contributed by atoms with van der Waals surface area (Å²) in [5, 5.41) is 12.1. The molecular weight excluding hydrogens is 456 g/mol. The molecule has 176 valence electrons. The van der Waals surface area contributed by atoms with Crippen molar-refractivity contribution in [1.29, 1.82) is 0 Å². The lowest BCUT2D eigenvalue weighted by atomic mass is 9.97. The van der Waals surface area contributed by atoms with Crippen molar-refractivity contribution in [1.82, 2.24) is 4.31 Å². The summed E-state index contributed by atoms with van der Waals surface area (Å²) in [7, 11) is -1.88. The minimum absolute atomic E-state index is 0.0476. The Balaban J connectivity index is 1.64. The van der Waals surface area contributed by atoms with Crippen molar-refractivity contribution in [2.24, 2.45) is 0 Å². The zero-order valence-corrected chi connectivity index (χ0v) is 20.8. The van der Waals surface area contributed by atoms with E-state index in [9.17, 15) is 13.5 Å². The van der Waals surface area contributed by atoms with Crippen molar-refractivity contribution in [3.05, 3.63) is 77.2 Å². The molecule has 0 unspecified atom stereocenters. The summed E-state index contributed by atoms with van der Waals surface area (Å²) < 4.78 is 33.8. The van der Waals surface area contributed by atoms with Gasteiger partial charge in [0.15, 0.2) is 0 Å². The summed E-state index contributed by atoms with van der Waals surface area (Å²) in [6.07, 6.45) is 0.681. The molecule has 8 heteroatoms. The van der Waals surface area contributed by atoms with Crippen LogP contribution >= 0.6 is 11.3 Å². The Morgan fingerprint density at radius 1 is 1.09 bits per heavy atom. The molecule has 0 aliphatic carbocycles. The Morgan fingerprint density at radius 3 is 2.48 bits per heavy atom. The van der Waals surface area contributed by atoms with Gasteiger partial charge in [-0.3, -0.25) is 0 Å². The van der Waals surface area contributed by atoms with Crippen LogP contribution in [0.25, 0.3) is 0 Å². The van der Waals surface area contributed by atoms with Crippen molar-refractivity contribution < 1.29 is 18.3 Å². The van der Waals surface area contributed by atoms with E-state index >= 15 is 0 Å². The average Bonchev–Trinajstić information content (AvgIpc) is 3.35. The van der Waals surface area contributed by atoms with Crippen LogP contribution in [0.3, 0.4) is 0 Å². The fourth-order valence-corrected chi connectivity index (χ4v) is 6.84. The van der Waals surface area contributed by atoms with Gasteiger partial charge >= 0.3 is 0 Å². The van der Waals surface area contributed by atoms with E-state index in [1.807, 2.05) is 48.5 Å². The van der Waals surface area contributed by atoms with Gasteiger partial charge in [0.1, 0.15) is 9.96 Å². The molecule has 0 saturated carbocycles. The molecule has 1 aliphatic rings. The normalized spacial score (nSPS) is 17.8. The predicted molar refractivity (Wildman–Crippen MR) is 133 cm³/mol. The first-order chi connectivity index (χ1) is 15.7. The first-order valence-corrected chi connectivity index (χ1v) is 13.3. The molecule has 1 aromatic heterocycles. The SMILES string of the molecule is COc1cccc(C[C@H]2CN(S(=O)(=O)c3cccs3)CCN2c2ccc(C(C)(C)O)cc2)c1. The van der Waals surface area contributed by atoms with Crippen LogP contribution in [-0.4, -0.2) is 50.6 Å². The van der Waals surface area contributed by atoms with Crippen molar-refractivity contribution >= 4 is 27.0 Å². The summed E-state index contributed by atoms with van der Waals surface area (Å²) in [6, 6.07) is 19.2. The average molecular weight is 487 g/mol. The quantitative estimate of drug-likeness (QED) is 0.544. The largest absolute Gasteiger partial charge is 0.497 e. The van der Waals surface area contributed by atoms with E-state index in [1.54, 1.807) is 42.8 Å². The number of sulfonamides is 1. The summed E-state index contributed by atoms with van der Waals surface area (Å²) in [5.74, 6) is 0.785. The molecule has 2 aromatic carbocycles. The maximum absolute atomic E-state index is 13.2. The van der Waals surface area contributed by atoms with Crippen LogP contribution in [0.4, 0.5) is 5.69 Å². The van der Waals surface area contributed by atoms with E-state index in [4.69, 9.17) is 4.74 Å². The van der Waals surface area contributed by atoms with Gasteiger partial charge in [-0.2, -0.15) is 4.31 Å². The van der Waals surface area contributed by atoms with Crippen LogP contribution in [0, 0.1) is 0 Å². The number of hydrogen-bond acceptors (Lipinski definition) is 6. The second-order valence-corrected chi connectivity index (χ2v) is 11.9. The number of anilines is 1. The molecule has 0 bridgehead atoms. The monoisotopic (exact) mass is 486 g/mol. The topological polar surface area (TPSA) is 70.1 Å². The Kier molecular flexibility index (Phi) is 6.81. The highest BCUT2D eigenvalue weighted by Gasteiger charge is 2.35. The third kappa shape index (κ3) is 5.24. The summed E-state index contributed by atoms with van der Waals surface area (Å²) in [4.78, 5) is 2.27. The first-order valence-electron chi connectivity index (χ1n) is 10.9. The van der Waals surface area contributed by atoms with E-state index < -0.39 is 15.6 Å². The number of ether oxygens (including phenoxy) is 1. The first kappa shape index (κ1) is 23.8. The molecule has 3 aromatic rings. The predicted octanol–water partition coefficient (Wildman–Crippen LogP) is 4.11. The van der Waals surface area contributed by atoms with Crippen molar-refractivity contribution in [3.63, 3.8) is 0 Å². The number of aliphatic hydroxyl groups is 1. The third-order valence-electron chi connectivity index (χ3n) is 6.05. The lowest BCUT2D eigenvalue weighted by Gasteiger charge is -2.42. The molecule has 0 spiro atoms. The number of methoxy groups -OCH3 is 1. The van der Waals surface area contributed by atoms with Crippen molar-refractivity contribution in [2.75, 3.05) is 31.6 Å². The fraction of sp³-hybridized carbons (Fsp3) is 0.360. The van der Waals surface area contributed by atoms with Gasteiger partial charge in [-0.05, 0) is 67.1 Å². The van der Waals surface area contributed by atoms with Gasteiger partial charge in [0, 0.05) is 31.4 Å². The van der Waals surface area contributed by atoms with Crippen LogP contribution in [0.1, 0.15) is 25.0 Å². The molecular formula is C25H30N2O4S2. The minimum Gasteiger partial charge on any atom is -0.497 e.